The maximum Gasteiger partial charge on any atom is 0.0933 e. The van der Waals surface area contributed by atoms with Gasteiger partial charge in [0.2, 0.25) is 0 Å². The second-order valence-corrected chi connectivity index (χ2v) is 7.02. The molecule has 1 N–H and O–H groups in total. The smallest absolute Gasteiger partial charge is 0.0933 e. The Bertz CT molecular complexity index is 598. The van der Waals surface area contributed by atoms with Crippen LogP contribution in [-0.4, -0.2) is 11.0 Å². The van der Waals surface area contributed by atoms with Crippen LogP contribution in [0.3, 0.4) is 0 Å². The van der Waals surface area contributed by atoms with E-state index in [1.807, 2.05) is 12.3 Å². The van der Waals surface area contributed by atoms with Crippen LogP contribution in [0.5, 0.6) is 0 Å². The summed E-state index contributed by atoms with van der Waals surface area (Å²) >= 11 is 0. The van der Waals surface area contributed by atoms with Gasteiger partial charge in [-0.3, -0.25) is 4.98 Å². The highest BCUT2D eigenvalue weighted by molar-refractivity contribution is 5.90. The summed E-state index contributed by atoms with van der Waals surface area (Å²) in [7, 11) is 0. The number of benzene rings is 1. The van der Waals surface area contributed by atoms with Crippen molar-refractivity contribution >= 4 is 16.6 Å². The number of para-hydroxylation sites is 1. The van der Waals surface area contributed by atoms with Gasteiger partial charge in [0.05, 0.1) is 11.2 Å². The topological polar surface area (TPSA) is 24.9 Å². The van der Waals surface area contributed by atoms with E-state index in [-0.39, 0.29) is 0 Å². The van der Waals surface area contributed by atoms with E-state index in [0.717, 1.165) is 5.52 Å². The first-order valence-corrected chi connectivity index (χ1v) is 7.65. The molecule has 1 fully saturated rings. The van der Waals surface area contributed by atoms with E-state index in [4.69, 9.17) is 0 Å². The average molecular weight is 268 g/mol. The lowest BCUT2D eigenvalue weighted by Crippen LogP contribution is -2.36. The predicted octanol–water partition coefficient (Wildman–Crippen LogP) is 4.86. The molecule has 1 heterocycles. The summed E-state index contributed by atoms with van der Waals surface area (Å²) in [4.78, 5) is 4.54. The van der Waals surface area contributed by atoms with Gasteiger partial charge in [-0.25, -0.2) is 0 Å². The molecular weight excluding hydrogens is 244 g/mol. The molecule has 2 aromatic rings. The highest BCUT2D eigenvalue weighted by atomic mass is 14.9. The van der Waals surface area contributed by atoms with Gasteiger partial charge in [-0.2, -0.15) is 0 Å². The lowest BCUT2D eigenvalue weighted by molar-refractivity contribution is 0.177. The van der Waals surface area contributed by atoms with E-state index >= 15 is 0 Å². The summed E-state index contributed by atoms with van der Waals surface area (Å²) in [6.07, 6.45) is 5.72. The highest BCUT2D eigenvalue weighted by Gasteiger charge is 2.32. The molecule has 1 aliphatic carbocycles. The van der Waals surface area contributed by atoms with Gasteiger partial charge in [-0.1, -0.05) is 39.0 Å². The summed E-state index contributed by atoms with van der Waals surface area (Å²) < 4.78 is 0. The molecule has 0 radical (unpaired) electrons. The highest BCUT2D eigenvalue weighted by Crippen LogP contribution is 2.39. The van der Waals surface area contributed by atoms with E-state index in [9.17, 15) is 0 Å². The third kappa shape index (κ3) is 2.65. The van der Waals surface area contributed by atoms with Gasteiger partial charge in [0.15, 0.2) is 0 Å². The van der Waals surface area contributed by atoms with E-state index in [2.05, 4.69) is 55.3 Å². The first-order chi connectivity index (χ1) is 9.55. The molecule has 1 aliphatic rings. The molecule has 1 aromatic heterocycles. The maximum atomic E-state index is 4.54. The number of nitrogens with one attached hydrogen (secondary N) is 1. The number of hydrogen-bond donors (Lipinski definition) is 1. The van der Waals surface area contributed by atoms with E-state index in [1.165, 1.54) is 30.3 Å². The van der Waals surface area contributed by atoms with Crippen molar-refractivity contribution in [3.63, 3.8) is 0 Å². The zero-order valence-electron chi connectivity index (χ0n) is 12.7. The molecule has 2 nitrogen and oxygen atoms in total. The van der Waals surface area contributed by atoms with Crippen LogP contribution in [-0.2, 0) is 0 Å². The fraction of sp³-hybridized carbons (Fsp3) is 0.500. The van der Waals surface area contributed by atoms with Crippen LogP contribution in [0.2, 0.25) is 0 Å². The number of rotatable bonds is 2. The van der Waals surface area contributed by atoms with E-state index < -0.39 is 0 Å². The number of aromatic nitrogens is 1. The first kappa shape index (κ1) is 13.4. The Hall–Kier alpha value is -1.57. The minimum Gasteiger partial charge on any atom is -0.380 e. The molecule has 0 spiro atoms. The van der Waals surface area contributed by atoms with Crippen LogP contribution in [0.15, 0.2) is 36.5 Å². The largest absolute Gasteiger partial charge is 0.380 e. The molecule has 0 amide bonds. The lowest BCUT2D eigenvalue weighted by Gasteiger charge is -2.40. The summed E-state index contributed by atoms with van der Waals surface area (Å²) in [6.45, 7) is 7.15. The summed E-state index contributed by atoms with van der Waals surface area (Å²) in [5.74, 6) is 0.706. The summed E-state index contributed by atoms with van der Waals surface area (Å²) in [6, 6.07) is 11.1. The Morgan fingerprint density at radius 3 is 2.80 bits per heavy atom. The second kappa shape index (κ2) is 5.08. The Balaban J connectivity index is 1.83. The fourth-order valence-electron chi connectivity index (χ4n) is 3.58. The minimum atomic E-state index is 0.495. The number of nitrogens with zero attached hydrogens (tertiary/aromatic N) is 1. The molecule has 0 bridgehead atoms. The molecule has 0 saturated heterocycles. The molecule has 3 rings (SSSR count). The van der Waals surface area contributed by atoms with E-state index in [0.29, 0.717) is 17.4 Å². The minimum absolute atomic E-state index is 0.495. The Kier molecular flexibility index (Phi) is 3.41. The van der Waals surface area contributed by atoms with Crippen molar-refractivity contribution in [2.45, 2.75) is 46.1 Å². The van der Waals surface area contributed by atoms with Gasteiger partial charge in [-0.05, 0) is 42.7 Å². The van der Waals surface area contributed by atoms with Crippen molar-refractivity contribution in [2.75, 3.05) is 5.32 Å². The third-order valence-electron chi connectivity index (χ3n) is 4.67. The number of hydrogen-bond acceptors (Lipinski definition) is 2. The zero-order valence-corrected chi connectivity index (χ0v) is 12.7. The monoisotopic (exact) mass is 268 g/mol. The quantitative estimate of drug-likeness (QED) is 0.841. The Morgan fingerprint density at radius 1 is 1.20 bits per heavy atom. The van der Waals surface area contributed by atoms with E-state index in [1.54, 1.807) is 0 Å². The van der Waals surface area contributed by atoms with Gasteiger partial charge < -0.3 is 5.32 Å². The standard InChI is InChI=1S/C18H24N2/c1-13-12-18(2,3)10-9-15(13)20-16-8-4-6-14-7-5-11-19-17(14)16/h4-8,11,13,15,20H,9-10,12H2,1-3H3. The summed E-state index contributed by atoms with van der Waals surface area (Å²) in [5.41, 5.74) is 2.76. The molecular formula is C18H24N2. The van der Waals surface area contributed by atoms with Crippen molar-refractivity contribution in [3.8, 4) is 0 Å². The molecule has 0 aliphatic heterocycles. The molecule has 1 aromatic carbocycles. The number of fused-ring (bicyclic) bond motifs is 1. The van der Waals surface area contributed by atoms with Crippen molar-refractivity contribution in [2.24, 2.45) is 11.3 Å². The SMILES string of the molecule is CC1CC(C)(C)CCC1Nc1cccc2cccnc12. The van der Waals surface area contributed by atoms with Crippen LogP contribution in [0.1, 0.15) is 40.0 Å². The Morgan fingerprint density at radius 2 is 2.00 bits per heavy atom. The molecule has 2 heteroatoms. The lowest BCUT2D eigenvalue weighted by atomic mass is 9.70. The van der Waals surface area contributed by atoms with Gasteiger partial charge in [-0.15, -0.1) is 0 Å². The molecule has 1 saturated carbocycles. The predicted molar refractivity (Wildman–Crippen MR) is 85.9 cm³/mol. The van der Waals surface area contributed by atoms with Crippen LogP contribution >= 0.6 is 0 Å². The van der Waals surface area contributed by atoms with Gasteiger partial charge in [0.25, 0.3) is 0 Å². The van der Waals surface area contributed by atoms with Crippen molar-refractivity contribution in [3.05, 3.63) is 36.5 Å². The van der Waals surface area contributed by atoms with Crippen molar-refractivity contribution in [1.29, 1.82) is 0 Å². The average Bonchev–Trinajstić information content (AvgIpc) is 2.42. The third-order valence-corrected chi connectivity index (χ3v) is 4.67. The second-order valence-electron chi connectivity index (χ2n) is 7.02. The molecule has 2 atom stereocenters. The number of anilines is 1. The molecule has 106 valence electrons. The van der Waals surface area contributed by atoms with Crippen molar-refractivity contribution in [1.82, 2.24) is 4.98 Å². The maximum absolute atomic E-state index is 4.54. The summed E-state index contributed by atoms with van der Waals surface area (Å²) in [5, 5.41) is 4.96. The van der Waals surface area contributed by atoms with Crippen LogP contribution in [0.4, 0.5) is 5.69 Å². The van der Waals surface area contributed by atoms with Crippen LogP contribution < -0.4 is 5.32 Å². The van der Waals surface area contributed by atoms with Crippen LogP contribution in [0.25, 0.3) is 10.9 Å². The Labute approximate surface area is 121 Å². The number of pyridine rings is 1. The normalized spacial score (nSPS) is 25.6. The molecule has 20 heavy (non-hydrogen) atoms. The molecule has 2 unspecified atom stereocenters. The van der Waals surface area contributed by atoms with Crippen LogP contribution in [0, 0.1) is 11.3 Å². The fourth-order valence-corrected chi connectivity index (χ4v) is 3.58. The van der Waals surface area contributed by atoms with Gasteiger partial charge >= 0.3 is 0 Å². The van der Waals surface area contributed by atoms with Gasteiger partial charge in [0.1, 0.15) is 0 Å². The van der Waals surface area contributed by atoms with Gasteiger partial charge in [0, 0.05) is 17.6 Å². The first-order valence-electron chi connectivity index (χ1n) is 7.65. The van der Waals surface area contributed by atoms with Crippen molar-refractivity contribution < 1.29 is 0 Å². The zero-order chi connectivity index (χ0) is 14.2.